The number of H-pyrrole nitrogens is 1. The van der Waals surface area contributed by atoms with Crippen molar-refractivity contribution in [3.8, 4) is 0 Å². The first kappa shape index (κ1) is 19.9. The van der Waals surface area contributed by atoms with Gasteiger partial charge in [0, 0.05) is 6.04 Å². The second-order valence-electron chi connectivity index (χ2n) is 8.13. The van der Waals surface area contributed by atoms with Crippen molar-refractivity contribution in [3.63, 3.8) is 0 Å². The lowest BCUT2D eigenvalue weighted by Crippen LogP contribution is -2.38. The summed E-state index contributed by atoms with van der Waals surface area (Å²) in [4.78, 5) is 16.7. The number of rotatable bonds is 7. The molecule has 1 aliphatic carbocycles. The van der Waals surface area contributed by atoms with Crippen LogP contribution >= 0.6 is 0 Å². The van der Waals surface area contributed by atoms with Crippen LogP contribution in [0.25, 0.3) is 11.1 Å². The zero-order valence-corrected chi connectivity index (χ0v) is 17.0. The van der Waals surface area contributed by atoms with Crippen LogP contribution in [0.15, 0.2) is 51.7 Å². The molecule has 0 saturated heterocycles. The number of nitrogens with zero attached hydrogens (tertiary/aromatic N) is 1. The maximum absolute atomic E-state index is 13.0. The highest BCUT2D eigenvalue weighted by atomic mass is 19.1. The van der Waals surface area contributed by atoms with Gasteiger partial charge in [-0.05, 0) is 92.9 Å². The highest BCUT2D eigenvalue weighted by Gasteiger charge is 2.26. The van der Waals surface area contributed by atoms with Gasteiger partial charge in [-0.1, -0.05) is 25.1 Å². The summed E-state index contributed by atoms with van der Waals surface area (Å²) >= 11 is 0. The maximum Gasteiger partial charge on any atom is 0.417 e. The third-order valence-corrected chi connectivity index (χ3v) is 6.36. The third-order valence-electron chi connectivity index (χ3n) is 6.36. The molecule has 29 heavy (non-hydrogen) atoms. The molecule has 1 saturated carbocycles. The molecule has 0 aliphatic heterocycles. The normalized spacial score (nSPS) is 19.8. The standard InChI is InChI=1S/C24H29FN2O2/c1-2-27(15-3-4-17-5-10-20(25)11-6-17)21-12-7-18(8-13-21)19-9-14-22-23(16-19)29-24(28)26-22/h5-6,9-11,14,16,18,21H,2-4,7-8,12-13,15H2,1H3,(H,26,28)/t18-,21-. The summed E-state index contributed by atoms with van der Waals surface area (Å²) in [6.45, 7) is 4.40. The molecule has 1 heterocycles. The molecule has 1 aromatic heterocycles. The molecule has 0 amide bonds. The van der Waals surface area contributed by atoms with E-state index in [-0.39, 0.29) is 11.6 Å². The third kappa shape index (κ3) is 4.78. The summed E-state index contributed by atoms with van der Waals surface area (Å²) in [5.74, 6) is -0.0210. The summed E-state index contributed by atoms with van der Waals surface area (Å²) in [5, 5.41) is 0. The Balaban J connectivity index is 1.29. The van der Waals surface area contributed by atoms with Crippen LogP contribution < -0.4 is 5.76 Å². The molecule has 0 radical (unpaired) electrons. The van der Waals surface area contributed by atoms with Crippen molar-refractivity contribution >= 4 is 11.1 Å². The fourth-order valence-corrected chi connectivity index (χ4v) is 4.73. The van der Waals surface area contributed by atoms with Crippen molar-refractivity contribution < 1.29 is 8.81 Å². The number of aromatic amines is 1. The minimum Gasteiger partial charge on any atom is -0.408 e. The molecular formula is C24H29FN2O2. The Bertz CT molecular complexity index is 984. The van der Waals surface area contributed by atoms with Crippen LogP contribution in [0.3, 0.4) is 0 Å². The topological polar surface area (TPSA) is 49.2 Å². The number of aryl methyl sites for hydroxylation is 1. The lowest BCUT2D eigenvalue weighted by atomic mass is 9.81. The molecule has 1 N–H and O–H groups in total. The quantitative estimate of drug-likeness (QED) is 0.594. The zero-order chi connectivity index (χ0) is 20.2. The number of oxazole rings is 1. The predicted molar refractivity (Wildman–Crippen MR) is 114 cm³/mol. The number of hydrogen-bond acceptors (Lipinski definition) is 3. The molecule has 4 nitrogen and oxygen atoms in total. The van der Waals surface area contributed by atoms with Gasteiger partial charge in [-0.15, -0.1) is 0 Å². The van der Waals surface area contributed by atoms with E-state index in [0.717, 1.165) is 31.4 Å². The van der Waals surface area contributed by atoms with Gasteiger partial charge in [0.1, 0.15) is 5.82 Å². The molecule has 0 unspecified atom stereocenters. The van der Waals surface area contributed by atoms with Crippen molar-refractivity contribution in [2.75, 3.05) is 13.1 Å². The molecule has 0 bridgehead atoms. The van der Waals surface area contributed by atoms with Crippen LogP contribution in [0.1, 0.15) is 56.1 Å². The van der Waals surface area contributed by atoms with E-state index in [1.54, 1.807) is 12.1 Å². The van der Waals surface area contributed by atoms with Crippen LogP contribution in [0, 0.1) is 5.82 Å². The van der Waals surface area contributed by atoms with Crippen molar-refractivity contribution in [2.45, 2.75) is 57.4 Å². The van der Waals surface area contributed by atoms with Crippen LogP contribution in [-0.4, -0.2) is 29.0 Å². The monoisotopic (exact) mass is 396 g/mol. The SMILES string of the molecule is CCN(CCCc1ccc(F)cc1)[C@H]1CC[C@H](c2ccc3[nH]c(=O)oc3c2)CC1. The van der Waals surface area contributed by atoms with Gasteiger partial charge in [0.15, 0.2) is 5.58 Å². The predicted octanol–water partition coefficient (Wildman–Crippen LogP) is 5.24. The van der Waals surface area contributed by atoms with Crippen LogP contribution in [-0.2, 0) is 6.42 Å². The Morgan fingerprint density at radius 1 is 1.10 bits per heavy atom. The smallest absolute Gasteiger partial charge is 0.408 e. The van der Waals surface area contributed by atoms with E-state index in [1.165, 1.54) is 36.8 Å². The van der Waals surface area contributed by atoms with E-state index in [1.807, 2.05) is 24.3 Å². The molecular weight excluding hydrogens is 367 g/mol. The number of halogens is 1. The van der Waals surface area contributed by atoms with Gasteiger partial charge < -0.3 is 9.32 Å². The van der Waals surface area contributed by atoms with Gasteiger partial charge in [0.05, 0.1) is 5.52 Å². The first-order valence-corrected chi connectivity index (χ1v) is 10.7. The molecule has 5 heteroatoms. The molecule has 1 fully saturated rings. The Morgan fingerprint density at radius 2 is 1.86 bits per heavy atom. The summed E-state index contributed by atoms with van der Waals surface area (Å²) in [7, 11) is 0. The highest BCUT2D eigenvalue weighted by molar-refractivity contribution is 5.72. The molecule has 1 aliphatic rings. The van der Waals surface area contributed by atoms with Gasteiger partial charge in [0.25, 0.3) is 0 Å². The fraction of sp³-hybridized carbons (Fsp3) is 0.458. The highest BCUT2D eigenvalue weighted by Crippen LogP contribution is 2.35. The lowest BCUT2D eigenvalue weighted by Gasteiger charge is -2.36. The Kier molecular flexibility index (Phi) is 6.14. The second kappa shape index (κ2) is 8.95. The van der Waals surface area contributed by atoms with E-state index in [9.17, 15) is 9.18 Å². The number of aromatic nitrogens is 1. The van der Waals surface area contributed by atoms with Gasteiger partial charge in [-0.2, -0.15) is 0 Å². The molecule has 154 valence electrons. The van der Waals surface area contributed by atoms with Crippen molar-refractivity contribution in [2.24, 2.45) is 0 Å². The fourth-order valence-electron chi connectivity index (χ4n) is 4.73. The molecule has 4 rings (SSSR count). The summed E-state index contributed by atoms with van der Waals surface area (Å²) in [5.41, 5.74) is 3.91. The average molecular weight is 397 g/mol. The van der Waals surface area contributed by atoms with Crippen molar-refractivity contribution in [3.05, 3.63) is 70.0 Å². The Hall–Kier alpha value is -2.40. The Labute approximate surface area is 170 Å². The van der Waals surface area contributed by atoms with Crippen LogP contribution in [0.4, 0.5) is 4.39 Å². The molecule has 2 aromatic carbocycles. The second-order valence-corrected chi connectivity index (χ2v) is 8.13. The molecule has 0 spiro atoms. The summed E-state index contributed by atoms with van der Waals surface area (Å²) in [6.07, 6.45) is 6.82. The van der Waals surface area contributed by atoms with Gasteiger partial charge in [-0.25, -0.2) is 9.18 Å². The van der Waals surface area contributed by atoms with E-state index >= 15 is 0 Å². The van der Waals surface area contributed by atoms with E-state index in [4.69, 9.17) is 4.42 Å². The van der Waals surface area contributed by atoms with E-state index in [0.29, 0.717) is 17.5 Å². The van der Waals surface area contributed by atoms with Gasteiger partial charge >= 0.3 is 5.76 Å². The number of benzene rings is 2. The minimum atomic E-state index is -0.389. The summed E-state index contributed by atoms with van der Waals surface area (Å²) in [6, 6.07) is 13.6. The molecule has 3 aromatic rings. The maximum atomic E-state index is 13.0. The summed E-state index contributed by atoms with van der Waals surface area (Å²) < 4.78 is 18.3. The largest absolute Gasteiger partial charge is 0.417 e. The molecule has 0 atom stereocenters. The van der Waals surface area contributed by atoms with Gasteiger partial charge in [-0.3, -0.25) is 4.98 Å². The van der Waals surface area contributed by atoms with Gasteiger partial charge in [0.2, 0.25) is 0 Å². The average Bonchev–Trinajstić information content (AvgIpc) is 3.12. The number of nitrogens with one attached hydrogen (secondary N) is 1. The Morgan fingerprint density at radius 3 is 2.59 bits per heavy atom. The number of hydrogen-bond donors (Lipinski definition) is 1. The zero-order valence-electron chi connectivity index (χ0n) is 17.0. The van der Waals surface area contributed by atoms with Crippen LogP contribution in [0.2, 0.25) is 0 Å². The first-order chi connectivity index (χ1) is 14.1. The minimum absolute atomic E-state index is 0.168. The lowest BCUT2D eigenvalue weighted by molar-refractivity contribution is 0.154. The van der Waals surface area contributed by atoms with Crippen molar-refractivity contribution in [1.82, 2.24) is 9.88 Å². The number of fused-ring (bicyclic) bond motifs is 1. The van der Waals surface area contributed by atoms with Crippen molar-refractivity contribution in [1.29, 1.82) is 0 Å². The van der Waals surface area contributed by atoms with E-state index in [2.05, 4.69) is 22.9 Å². The van der Waals surface area contributed by atoms with Crippen LogP contribution in [0.5, 0.6) is 0 Å². The first-order valence-electron chi connectivity index (χ1n) is 10.7. The van der Waals surface area contributed by atoms with E-state index < -0.39 is 0 Å².